The van der Waals surface area contributed by atoms with Gasteiger partial charge >= 0.3 is 0 Å². The zero-order chi connectivity index (χ0) is 15.0. The molecule has 1 saturated carbocycles. The first-order valence-electron chi connectivity index (χ1n) is 8.23. The van der Waals surface area contributed by atoms with Crippen LogP contribution in [0.4, 0.5) is 4.39 Å². The Kier molecular flexibility index (Phi) is 4.06. The summed E-state index contributed by atoms with van der Waals surface area (Å²) in [7, 11) is 0. The molecule has 1 aliphatic heterocycles. The van der Waals surface area contributed by atoms with E-state index in [9.17, 15) is 4.39 Å². The van der Waals surface area contributed by atoms with E-state index in [1.165, 1.54) is 18.4 Å². The zero-order valence-corrected chi connectivity index (χ0v) is 13.4. The van der Waals surface area contributed by atoms with E-state index in [-0.39, 0.29) is 11.4 Å². The summed E-state index contributed by atoms with van der Waals surface area (Å²) in [6, 6.07) is 8.02. The van der Waals surface area contributed by atoms with Crippen molar-refractivity contribution >= 4 is 0 Å². The van der Waals surface area contributed by atoms with Crippen molar-refractivity contribution in [3.8, 4) is 0 Å². The molecule has 116 valence electrons. The SMILES string of the molecule is CC1CNC(C)(C2CC2)CN1C(C)Cc1ccc(F)cc1. The maximum atomic E-state index is 13.0. The first-order chi connectivity index (χ1) is 9.98. The molecule has 1 N–H and O–H groups in total. The van der Waals surface area contributed by atoms with E-state index in [0.29, 0.717) is 12.1 Å². The molecule has 0 spiro atoms. The Morgan fingerprint density at radius 1 is 1.33 bits per heavy atom. The molecule has 2 fully saturated rings. The Morgan fingerprint density at radius 2 is 2.00 bits per heavy atom. The second-order valence-corrected chi connectivity index (χ2v) is 7.27. The van der Waals surface area contributed by atoms with Gasteiger partial charge in [0.15, 0.2) is 0 Å². The summed E-state index contributed by atoms with van der Waals surface area (Å²) in [5.41, 5.74) is 1.51. The molecule has 1 aromatic carbocycles. The van der Waals surface area contributed by atoms with Crippen molar-refractivity contribution in [2.24, 2.45) is 5.92 Å². The first kappa shape index (κ1) is 15.0. The van der Waals surface area contributed by atoms with Crippen LogP contribution in [0, 0.1) is 11.7 Å². The van der Waals surface area contributed by atoms with Crippen LogP contribution in [-0.4, -0.2) is 35.6 Å². The summed E-state index contributed by atoms with van der Waals surface area (Å²) >= 11 is 0. The fraction of sp³-hybridized carbons (Fsp3) is 0.667. The minimum Gasteiger partial charge on any atom is -0.308 e. The average Bonchev–Trinajstić information content (AvgIpc) is 3.29. The average molecular weight is 290 g/mol. The van der Waals surface area contributed by atoms with Crippen molar-refractivity contribution in [3.05, 3.63) is 35.6 Å². The zero-order valence-electron chi connectivity index (χ0n) is 13.4. The van der Waals surface area contributed by atoms with Crippen LogP contribution in [0.1, 0.15) is 39.2 Å². The van der Waals surface area contributed by atoms with Crippen molar-refractivity contribution < 1.29 is 4.39 Å². The molecule has 2 aliphatic rings. The van der Waals surface area contributed by atoms with Gasteiger partial charge in [0.2, 0.25) is 0 Å². The number of rotatable bonds is 4. The summed E-state index contributed by atoms with van der Waals surface area (Å²) in [6.07, 6.45) is 3.74. The maximum absolute atomic E-state index is 13.0. The fourth-order valence-corrected chi connectivity index (χ4v) is 3.75. The van der Waals surface area contributed by atoms with Gasteiger partial charge < -0.3 is 5.32 Å². The number of hydrogen-bond donors (Lipinski definition) is 1. The Balaban J connectivity index is 1.67. The summed E-state index contributed by atoms with van der Waals surface area (Å²) in [6.45, 7) is 9.19. The Hall–Kier alpha value is -0.930. The number of benzene rings is 1. The van der Waals surface area contributed by atoms with Crippen molar-refractivity contribution in [2.75, 3.05) is 13.1 Å². The Morgan fingerprint density at radius 3 is 2.62 bits per heavy atom. The van der Waals surface area contributed by atoms with Crippen molar-refractivity contribution in [1.29, 1.82) is 0 Å². The van der Waals surface area contributed by atoms with Crippen LogP contribution in [0.3, 0.4) is 0 Å². The predicted octanol–water partition coefficient (Wildman–Crippen LogP) is 3.22. The van der Waals surface area contributed by atoms with E-state index < -0.39 is 0 Å². The molecule has 3 unspecified atom stereocenters. The highest BCUT2D eigenvalue weighted by Gasteiger charge is 2.45. The Bertz CT molecular complexity index is 482. The summed E-state index contributed by atoms with van der Waals surface area (Å²) < 4.78 is 13.0. The normalized spacial score (nSPS) is 32.1. The summed E-state index contributed by atoms with van der Waals surface area (Å²) in [4.78, 5) is 2.64. The number of nitrogens with zero attached hydrogens (tertiary/aromatic N) is 1. The third kappa shape index (κ3) is 3.29. The molecule has 0 amide bonds. The van der Waals surface area contributed by atoms with E-state index in [2.05, 4.69) is 31.0 Å². The highest BCUT2D eigenvalue weighted by molar-refractivity contribution is 5.17. The van der Waals surface area contributed by atoms with Crippen LogP contribution >= 0.6 is 0 Å². The van der Waals surface area contributed by atoms with Gasteiger partial charge in [0.05, 0.1) is 0 Å². The maximum Gasteiger partial charge on any atom is 0.123 e. The van der Waals surface area contributed by atoms with Gasteiger partial charge in [0.25, 0.3) is 0 Å². The summed E-state index contributed by atoms with van der Waals surface area (Å²) in [5.74, 6) is 0.703. The molecule has 0 radical (unpaired) electrons. The van der Waals surface area contributed by atoms with Crippen molar-refractivity contribution in [3.63, 3.8) is 0 Å². The molecule has 3 rings (SSSR count). The highest BCUT2D eigenvalue weighted by Crippen LogP contribution is 2.41. The van der Waals surface area contributed by atoms with Crippen LogP contribution in [0.25, 0.3) is 0 Å². The van der Waals surface area contributed by atoms with Gasteiger partial charge in [-0.2, -0.15) is 0 Å². The monoisotopic (exact) mass is 290 g/mol. The molecule has 3 atom stereocenters. The molecule has 1 aliphatic carbocycles. The van der Waals surface area contributed by atoms with E-state index in [1.54, 1.807) is 12.1 Å². The molecule has 0 aromatic heterocycles. The molecule has 1 aromatic rings. The lowest BCUT2D eigenvalue weighted by molar-refractivity contribution is 0.0521. The van der Waals surface area contributed by atoms with Gasteiger partial charge in [-0.15, -0.1) is 0 Å². The molecule has 21 heavy (non-hydrogen) atoms. The number of halogens is 1. The number of piperazine rings is 1. The molecular formula is C18H27FN2. The lowest BCUT2D eigenvalue weighted by atomic mass is 9.89. The minimum atomic E-state index is -0.150. The topological polar surface area (TPSA) is 15.3 Å². The molecular weight excluding hydrogens is 263 g/mol. The van der Waals surface area contributed by atoms with Gasteiger partial charge in [0.1, 0.15) is 5.82 Å². The molecule has 3 heteroatoms. The highest BCUT2D eigenvalue weighted by atomic mass is 19.1. The number of hydrogen-bond acceptors (Lipinski definition) is 2. The fourth-order valence-electron chi connectivity index (χ4n) is 3.75. The van der Waals surface area contributed by atoms with Crippen LogP contribution in [-0.2, 0) is 6.42 Å². The van der Waals surface area contributed by atoms with E-state index >= 15 is 0 Å². The molecule has 2 nitrogen and oxygen atoms in total. The smallest absolute Gasteiger partial charge is 0.123 e. The van der Waals surface area contributed by atoms with Gasteiger partial charge in [-0.1, -0.05) is 12.1 Å². The largest absolute Gasteiger partial charge is 0.308 e. The molecule has 1 heterocycles. The lowest BCUT2D eigenvalue weighted by Crippen LogP contribution is -2.65. The summed E-state index contributed by atoms with van der Waals surface area (Å²) in [5, 5.41) is 3.77. The van der Waals surface area contributed by atoms with Gasteiger partial charge in [0, 0.05) is 30.7 Å². The minimum absolute atomic E-state index is 0.150. The van der Waals surface area contributed by atoms with Gasteiger partial charge in [-0.05, 0) is 63.6 Å². The van der Waals surface area contributed by atoms with Gasteiger partial charge in [-0.25, -0.2) is 4.39 Å². The standard InChI is InChI=1S/C18H27FN2/c1-13(10-15-4-8-17(19)9-5-15)21-12-18(3,16-6-7-16)20-11-14(21)2/h4-5,8-9,13-14,16,20H,6-7,10-12H2,1-3H3. The van der Waals surface area contributed by atoms with Gasteiger partial charge in [-0.3, -0.25) is 4.90 Å². The van der Waals surface area contributed by atoms with Crippen LogP contribution in [0.15, 0.2) is 24.3 Å². The lowest BCUT2D eigenvalue weighted by Gasteiger charge is -2.48. The van der Waals surface area contributed by atoms with Crippen molar-refractivity contribution in [1.82, 2.24) is 10.2 Å². The predicted molar refractivity (Wildman–Crippen MR) is 84.9 cm³/mol. The second-order valence-electron chi connectivity index (χ2n) is 7.27. The van der Waals surface area contributed by atoms with Crippen molar-refractivity contribution in [2.45, 2.75) is 57.7 Å². The quantitative estimate of drug-likeness (QED) is 0.916. The third-order valence-electron chi connectivity index (χ3n) is 5.37. The van der Waals surface area contributed by atoms with E-state index in [4.69, 9.17) is 0 Å². The first-order valence-corrected chi connectivity index (χ1v) is 8.23. The van der Waals surface area contributed by atoms with Crippen LogP contribution < -0.4 is 5.32 Å². The molecule has 1 saturated heterocycles. The molecule has 0 bridgehead atoms. The number of nitrogens with one attached hydrogen (secondary N) is 1. The second kappa shape index (κ2) is 5.69. The van der Waals surface area contributed by atoms with Crippen LogP contribution in [0.5, 0.6) is 0 Å². The van der Waals surface area contributed by atoms with E-state index in [1.807, 2.05) is 12.1 Å². The third-order valence-corrected chi connectivity index (χ3v) is 5.37. The van der Waals surface area contributed by atoms with Crippen LogP contribution in [0.2, 0.25) is 0 Å². The Labute approximate surface area is 127 Å². The van der Waals surface area contributed by atoms with E-state index in [0.717, 1.165) is 25.4 Å².